The molecule has 0 saturated carbocycles. The predicted molar refractivity (Wildman–Crippen MR) is 68.3 cm³/mol. The van der Waals surface area contributed by atoms with Crippen molar-refractivity contribution >= 4 is 5.97 Å². The molecule has 1 atom stereocenters. The van der Waals surface area contributed by atoms with Crippen molar-refractivity contribution in [2.75, 3.05) is 19.8 Å². The van der Waals surface area contributed by atoms with Gasteiger partial charge in [-0.25, -0.2) is 0 Å². The molecule has 1 aliphatic heterocycles. The van der Waals surface area contributed by atoms with Gasteiger partial charge in [0.15, 0.2) is 11.5 Å². The van der Waals surface area contributed by atoms with Crippen LogP contribution in [0.2, 0.25) is 0 Å². The van der Waals surface area contributed by atoms with Crippen LogP contribution in [0.25, 0.3) is 0 Å². The Kier molecular flexibility index (Phi) is 4.63. The van der Waals surface area contributed by atoms with Crippen LogP contribution in [0, 0.1) is 0 Å². The van der Waals surface area contributed by atoms with Crippen molar-refractivity contribution in [3.63, 3.8) is 0 Å². The Hall–Kier alpha value is -1.75. The van der Waals surface area contributed by atoms with Gasteiger partial charge < -0.3 is 19.3 Å². The summed E-state index contributed by atoms with van der Waals surface area (Å²) >= 11 is 0. The standard InChI is InChI=1S/C14H18O5/c1-2-17-14(16)9-11(15)10-4-5-12-13(8-10)19-7-3-6-18-12/h4-5,8,11,15H,2-3,6-7,9H2,1H3. The van der Waals surface area contributed by atoms with E-state index in [9.17, 15) is 9.90 Å². The molecular formula is C14H18O5. The lowest BCUT2D eigenvalue weighted by Crippen LogP contribution is -2.10. The molecule has 0 amide bonds. The first-order valence-corrected chi connectivity index (χ1v) is 6.44. The summed E-state index contributed by atoms with van der Waals surface area (Å²) in [5.74, 6) is 0.865. The van der Waals surface area contributed by atoms with Crippen LogP contribution in [0.5, 0.6) is 11.5 Å². The van der Waals surface area contributed by atoms with Crippen LogP contribution in [0.3, 0.4) is 0 Å². The molecule has 0 bridgehead atoms. The summed E-state index contributed by atoms with van der Waals surface area (Å²) in [6.07, 6.45) is -0.126. The third kappa shape index (κ3) is 3.61. The number of carbonyl (C=O) groups excluding carboxylic acids is 1. The van der Waals surface area contributed by atoms with Crippen molar-refractivity contribution in [3.05, 3.63) is 23.8 Å². The van der Waals surface area contributed by atoms with E-state index in [0.717, 1.165) is 6.42 Å². The Bertz CT molecular complexity index is 443. The Morgan fingerprint density at radius 2 is 2.11 bits per heavy atom. The van der Waals surface area contributed by atoms with E-state index in [-0.39, 0.29) is 6.42 Å². The summed E-state index contributed by atoms with van der Waals surface area (Å²) < 4.78 is 15.9. The molecule has 0 radical (unpaired) electrons. The average molecular weight is 266 g/mol. The quantitative estimate of drug-likeness (QED) is 0.842. The maximum absolute atomic E-state index is 11.3. The summed E-state index contributed by atoms with van der Waals surface area (Å²) in [7, 11) is 0. The van der Waals surface area contributed by atoms with Crippen LogP contribution in [-0.2, 0) is 9.53 Å². The normalized spacial score (nSPS) is 15.5. The smallest absolute Gasteiger partial charge is 0.308 e. The van der Waals surface area contributed by atoms with Gasteiger partial charge in [0.1, 0.15) is 0 Å². The van der Waals surface area contributed by atoms with Gasteiger partial charge in [-0.3, -0.25) is 4.79 Å². The van der Waals surface area contributed by atoms with E-state index in [4.69, 9.17) is 14.2 Å². The van der Waals surface area contributed by atoms with E-state index in [2.05, 4.69) is 0 Å². The molecule has 2 rings (SSSR count). The molecule has 104 valence electrons. The minimum absolute atomic E-state index is 0.0620. The number of hydrogen-bond acceptors (Lipinski definition) is 5. The van der Waals surface area contributed by atoms with Crippen LogP contribution < -0.4 is 9.47 Å². The number of benzene rings is 1. The van der Waals surface area contributed by atoms with E-state index < -0.39 is 12.1 Å². The molecule has 5 nitrogen and oxygen atoms in total. The summed E-state index contributed by atoms with van der Waals surface area (Å²) in [5.41, 5.74) is 0.623. The monoisotopic (exact) mass is 266 g/mol. The first kappa shape index (κ1) is 13.7. The molecule has 0 saturated heterocycles. The highest BCUT2D eigenvalue weighted by atomic mass is 16.5. The van der Waals surface area contributed by atoms with Gasteiger partial charge in [0.05, 0.1) is 32.3 Å². The number of carbonyl (C=O) groups is 1. The zero-order valence-electron chi connectivity index (χ0n) is 10.9. The minimum Gasteiger partial charge on any atom is -0.490 e. The largest absolute Gasteiger partial charge is 0.490 e. The van der Waals surface area contributed by atoms with E-state index in [1.807, 2.05) is 0 Å². The van der Waals surface area contributed by atoms with Crippen molar-refractivity contribution in [2.24, 2.45) is 0 Å². The molecule has 0 aliphatic carbocycles. The fourth-order valence-electron chi connectivity index (χ4n) is 1.88. The second-order valence-electron chi connectivity index (χ2n) is 4.28. The second kappa shape index (κ2) is 6.43. The fourth-order valence-corrected chi connectivity index (χ4v) is 1.88. The lowest BCUT2D eigenvalue weighted by Gasteiger charge is -2.13. The van der Waals surface area contributed by atoms with Crippen molar-refractivity contribution in [1.82, 2.24) is 0 Å². The molecule has 1 N–H and O–H groups in total. The van der Waals surface area contributed by atoms with Crippen LogP contribution in [0.15, 0.2) is 18.2 Å². The Balaban J connectivity index is 2.08. The second-order valence-corrected chi connectivity index (χ2v) is 4.28. The van der Waals surface area contributed by atoms with Gasteiger partial charge in [0, 0.05) is 6.42 Å². The average Bonchev–Trinajstić information content (AvgIpc) is 2.63. The Labute approximate surface area is 112 Å². The van der Waals surface area contributed by atoms with Crippen LogP contribution in [0.4, 0.5) is 0 Å². The molecule has 0 fully saturated rings. The van der Waals surface area contributed by atoms with E-state index in [1.54, 1.807) is 25.1 Å². The third-order valence-corrected chi connectivity index (χ3v) is 2.82. The zero-order chi connectivity index (χ0) is 13.7. The Morgan fingerprint density at radius 3 is 2.84 bits per heavy atom. The molecule has 1 unspecified atom stereocenters. The van der Waals surface area contributed by atoms with Gasteiger partial charge in [-0.2, -0.15) is 0 Å². The molecule has 0 spiro atoms. The van der Waals surface area contributed by atoms with Crippen molar-refractivity contribution in [2.45, 2.75) is 25.9 Å². The SMILES string of the molecule is CCOC(=O)CC(O)c1ccc2c(c1)OCCCO2. The van der Waals surface area contributed by atoms with Crippen LogP contribution in [-0.4, -0.2) is 30.9 Å². The number of hydrogen-bond donors (Lipinski definition) is 1. The maximum atomic E-state index is 11.3. The van der Waals surface area contributed by atoms with Gasteiger partial charge in [-0.1, -0.05) is 6.07 Å². The van der Waals surface area contributed by atoms with Gasteiger partial charge >= 0.3 is 5.97 Å². The molecule has 1 aromatic rings. The van der Waals surface area contributed by atoms with Crippen LogP contribution >= 0.6 is 0 Å². The molecule has 1 aliphatic rings. The zero-order valence-corrected chi connectivity index (χ0v) is 10.9. The lowest BCUT2D eigenvalue weighted by molar-refractivity contribution is -0.145. The molecular weight excluding hydrogens is 248 g/mol. The fraction of sp³-hybridized carbons (Fsp3) is 0.500. The van der Waals surface area contributed by atoms with Crippen molar-refractivity contribution < 1.29 is 24.1 Å². The summed E-state index contributed by atoms with van der Waals surface area (Å²) in [4.78, 5) is 11.3. The first-order chi connectivity index (χ1) is 9.20. The summed E-state index contributed by atoms with van der Waals surface area (Å²) in [6.45, 7) is 3.26. The number of fused-ring (bicyclic) bond motifs is 1. The van der Waals surface area contributed by atoms with Gasteiger partial charge in [-0.15, -0.1) is 0 Å². The molecule has 19 heavy (non-hydrogen) atoms. The van der Waals surface area contributed by atoms with Gasteiger partial charge in [0.2, 0.25) is 0 Å². The number of esters is 1. The number of ether oxygens (including phenoxy) is 3. The molecule has 5 heteroatoms. The summed E-state index contributed by atoms with van der Waals surface area (Å²) in [6, 6.07) is 5.20. The Morgan fingerprint density at radius 1 is 1.37 bits per heavy atom. The summed E-state index contributed by atoms with van der Waals surface area (Å²) in [5, 5.41) is 9.99. The topological polar surface area (TPSA) is 65.0 Å². The van der Waals surface area contributed by atoms with E-state index >= 15 is 0 Å². The predicted octanol–water partition coefficient (Wildman–Crippen LogP) is 1.83. The lowest BCUT2D eigenvalue weighted by atomic mass is 10.1. The number of aliphatic hydroxyl groups is 1. The highest BCUT2D eigenvalue weighted by molar-refractivity contribution is 5.70. The molecule has 1 aromatic carbocycles. The number of aliphatic hydroxyl groups excluding tert-OH is 1. The highest BCUT2D eigenvalue weighted by Gasteiger charge is 2.17. The van der Waals surface area contributed by atoms with Gasteiger partial charge in [-0.05, 0) is 24.6 Å². The third-order valence-electron chi connectivity index (χ3n) is 2.82. The van der Waals surface area contributed by atoms with E-state index in [1.165, 1.54) is 0 Å². The minimum atomic E-state index is -0.892. The van der Waals surface area contributed by atoms with Gasteiger partial charge in [0.25, 0.3) is 0 Å². The van der Waals surface area contributed by atoms with Crippen LogP contribution in [0.1, 0.15) is 31.4 Å². The molecule has 0 aromatic heterocycles. The van der Waals surface area contributed by atoms with Crippen molar-refractivity contribution in [3.8, 4) is 11.5 Å². The van der Waals surface area contributed by atoms with E-state index in [0.29, 0.717) is 36.9 Å². The first-order valence-electron chi connectivity index (χ1n) is 6.44. The highest BCUT2D eigenvalue weighted by Crippen LogP contribution is 2.33. The molecule has 1 heterocycles. The maximum Gasteiger partial charge on any atom is 0.308 e. The number of rotatable bonds is 4. The van der Waals surface area contributed by atoms with Crippen molar-refractivity contribution in [1.29, 1.82) is 0 Å².